The first kappa shape index (κ1) is 14.7. The molecule has 0 bridgehead atoms. The van der Waals surface area contributed by atoms with Gasteiger partial charge in [-0.25, -0.2) is 5.84 Å². The van der Waals surface area contributed by atoms with Gasteiger partial charge in [0.1, 0.15) is 0 Å². The van der Waals surface area contributed by atoms with Gasteiger partial charge in [-0.2, -0.15) is 13.2 Å². The predicted molar refractivity (Wildman–Crippen MR) is 56.3 cm³/mol. The molecule has 19 heavy (non-hydrogen) atoms. The Morgan fingerprint density at radius 1 is 1.47 bits per heavy atom. The van der Waals surface area contributed by atoms with Crippen molar-refractivity contribution in [2.45, 2.75) is 6.18 Å². The molecule has 0 saturated carbocycles. The maximum atomic E-state index is 12.1. The number of benzene rings is 1. The Labute approximate surface area is 104 Å². The smallest absolute Gasteiger partial charge is 0.422 e. The first-order valence-electron chi connectivity index (χ1n) is 4.74. The summed E-state index contributed by atoms with van der Waals surface area (Å²) in [5.41, 5.74) is 0.446. The molecule has 104 valence electrons. The number of nitrogens with two attached hydrogens (primary N) is 1. The van der Waals surface area contributed by atoms with Gasteiger partial charge in [0.2, 0.25) is 5.75 Å². The Bertz CT molecular complexity index is 504. The van der Waals surface area contributed by atoms with Crippen molar-refractivity contribution in [2.75, 3.05) is 6.61 Å². The lowest BCUT2D eigenvalue weighted by Crippen LogP contribution is -2.31. The van der Waals surface area contributed by atoms with Gasteiger partial charge in [-0.3, -0.25) is 20.3 Å². The van der Waals surface area contributed by atoms with Gasteiger partial charge in [-0.1, -0.05) is 6.07 Å². The van der Waals surface area contributed by atoms with E-state index in [4.69, 9.17) is 5.84 Å². The number of rotatable bonds is 4. The van der Waals surface area contributed by atoms with Crippen molar-refractivity contribution in [3.8, 4) is 5.75 Å². The average Bonchev–Trinajstić information content (AvgIpc) is 2.33. The Hall–Kier alpha value is -2.36. The van der Waals surface area contributed by atoms with Crippen LogP contribution in [0, 0.1) is 10.1 Å². The van der Waals surface area contributed by atoms with Gasteiger partial charge in [0.25, 0.3) is 5.91 Å². The number of nitrogens with zero attached hydrogens (tertiary/aromatic N) is 1. The van der Waals surface area contributed by atoms with Crippen LogP contribution in [0.25, 0.3) is 0 Å². The Morgan fingerprint density at radius 2 is 2.11 bits per heavy atom. The Balaban J connectivity index is 3.22. The van der Waals surface area contributed by atoms with Gasteiger partial charge in [0.15, 0.2) is 6.61 Å². The number of ether oxygens (including phenoxy) is 1. The minimum absolute atomic E-state index is 0.457. The molecule has 0 aliphatic rings. The lowest BCUT2D eigenvalue weighted by atomic mass is 10.1. The lowest BCUT2D eigenvalue weighted by molar-refractivity contribution is -0.386. The summed E-state index contributed by atoms with van der Waals surface area (Å²) in [6.07, 6.45) is -4.69. The fraction of sp³-hybridized carbons (Fsp3) is 0.222. The second-order valence-corrected chi connectivity index (χ2v) is 3.29. The molecule has 0 aliphatic heterocycles. The van der Waals surface area contributed by atoms with Crippen LogP contribution >= 0.6 is 0 Å². The van der Waals surface area contributed by atoms with Crippen LogP contribution in [0.1, 0.15) is 10.4 Å². The van der Waals surface area contributed by atoms with E-state index in [0.717, 1.165) is 18.2 Å². The zero-order valence-electron chi connectivity index (χ0n) is 9.23. The average molecular weight is 279 g/mol. The summed E-state index contributed by atoms with van der Waals surface area (Å²) in [6, 6.07) is 3.10. The van der Waals surface area contributed by atoms with E-state index in [1.165, 1.54) is 0 Å². The van der Waals surface area contributed by atoms with Crippen LogP contribution in [-0.2, 0) is 0 Å². The predicted octanol–water partition coefficient (Wildman–Crippen LogP) is 1.14. The van der Waals surface area contributed by atoms with E-state index in [-0.39, 0.29) is 0 Å². The number of hydrazine groups is 1. The second-order valence-electron chi connectivity index (χ2n) is 3.29. The number of nitro groups is 1. The van der Waals surface area contributed by atoms with Crippen molar-refractivity contribution >= 4 is 11.6 Å². The number of hydrogen-bond acceptors (Lipinski definition) is 5. The van der Waals surface area contributed by atoms with Crippen molar-refractivity contribution in [1.82, 2.24) is 5.43 Å². The monoisotopic (exact) mass is 279 g/mol. The van der Waals surface area contributed by atoms with Crippen LogP contribution < -0.4 is 16.0 Å². The first-order valence-corrected chi connectivity index (χ1v) is 4.74. The third-order valence-electron chi connectivity index (χ3n) is 1.95. The number of hydrogen-bond donors (Lipinski definition) is 2. The maximum Gasteiger partial charge on any atom is 0.422 e. The molecule has 0 aromatic heterocycles. The number of carbonyl (C=O) groups is 1. The maximum absolute atomic E-state index is 12.1. The number of alkyl halides is 3. The van der Waals surface area contributed by atoms with E-state index in [1.807, 2.05) is 0 Å². The van der Waals surface area contributed by atoms with E-state index in [1.54, 1.807) is 5.43 Å². The number of nitrogens with one attached hydrogen (secondary N) is 1. The third-order valence-corrected chi connectivity index (χ3v) is 1.95. The Morgan fingerprint density at radius 3 is 2.58 bits per heavy atom. The van der Waals surface area contributed by atoms with Crippen LogP contribution in [0.5, 0.6) is 5.75 Å². The lowest BCUT2D eigenvalue weighted by Gasteiger charge is -2.12. The molecule has 0 fully saturated rings. The molecule has 0 radical (unpaired) electrons. The van der Waals surface area contributed by atoms with Gasteiger partial charge in [-0.05, 0) is 6.07 Å². The van der Waals surface area contributed by atoms with Crippen LogP contribution in [0.15, 0.2) is 18.2 Å². The molecule has 1 aromatic rings. The molecular formula is C9H8F3N3O4. The zero-order valence-corrected chi connectivity index (χ0v) is 9.23. The van der Waals surface area contributed by atoms with Crippen LogP contribution in [-0.4, -0.2) is 23.6 Å². The highest BCUT2D eigenvalue weighted by atomic mass is 19.4. The third kappa shape index (κ3) is 3.81. The fourth-order valence-corrected chi connectivity index (χ4v) is 1.23. The highest BCUT2D eigenvalue weighted by Crippen LogP contribution is 2.32. The minimum Gasteiger partial charge on any atom is -0.477 e. The highest BCUT2D eigenvalue weighted by molar-refractivity contribution is 5.97. The SMILES string of the molecule is NNC(=O)c1cccc([N+](=O)[O-])c1OCC(F)(F)F. The van der Waals surface area contributed by atoms with E-state index in [9.17, 15) is 28.1 Å². The molecule has 10 heteroatoms. The van der Waals surface area contributed by atoms with Crippen molar-refractivity contribution in [2.24, 2.45) is 5.84 Å². The molecule has 0 aliphatic carbocycles. The topological polar surface area (TPSA) is 107 Å². The normalized spacial score (nSPS) is 10.9. The molecule has 1 amide bonds. The largest absolute Gasteiger partial charge is 0.477 e. The van der Waals surface area contributed by atoms with Crippen LogP contribution in [0.4, 0.5) is 18.9 Å². The molecule has 3 N–H and O–H groups in total. The standard InChI is InChI=1S/C9H8F3N3O4/c10-9(11,12)4-19-7-5(8(16)14-13)2-1-3-6(7)15(17)18/h1-3H,4,13H2,(H,14,16). The van der Waals surface area contributed by atoms with Gasteiger partial charge in [0.05, 0.1) is 10.5 Å². The molecule has 1 rings (SSSR count). The van der Waals surface area contributed by atoms with Gasteiger partial charge < -0.3 is 4.74 Å². The number of nitrogen functional groups attached to an aromatic ring is 1. The molecule has 1 aromatic carbocycles. The molecule has 0 unspecified atom stereocenters. The molecule has 0 atom stereocenters. The van der Waals surface area contributed by atoms with Gasteiger partial charge >= 0.3 is 11.9 Å². The molecular weight excluding hydrogens is 271 g/mol. The minimum atomic E-state index is -4.69. The summed E-state index contributed by atoms with van der Waals surface area (Å²) in [7, 11) is 0. The number of nitro benzene ring substituents is 1. The molecule has 0 saturated heterocycles. The zero-order chi connectivity index (χ0) is 14.6. The number of para-hydroxylation sites is 1. The molecule has 0 spiro atoms. The summed E-state index contributed by atoms with van der Waals surface area (Å²) >= 11 is 0. The molecule has 7 nitrogen and oxygen atoms in total. The van der Waals surface area contributed by atoms with Gasteiger partial charge in [-0.15, -0.1) is 0 Å². The summed E-state index contributed by atoms with van der Waals surface area (Å²) in [6.45, 7) is -1.76. The van der Waals surface area contributed by atoms with Crippen molar-refractivity contribution < 1.29 is 27.6 Å². The molecule has 0 heterocycles. The van der Waals surface area contributed by atoms with Crippen molar-refractivity contribution in [3.63, 3.8) is 0 Å². The first-order chi connectivity index (χ1) is 8.76. The number of amides is 1. The van der Waals surface area contributed by atoms with E-state index < -0.39 is 40.6 Å². The highest BCUT2D eigenvalue weighted by Gasteiger charge is 2.31. The number of carbonyl (C=O) groups excluding carboxylic acids is 1. The van der Waals surface area contributed by atoms with Crippen molar-refractivity contribution in [1.29, 1.82) is 0 Å². The van der Waals surface area contributed by atoms with E-state index in [0.29, 0.717) is 0 Å². The summed E-state index contributed by atoms with van der Waals surface area (Å²) in [5.74, 6) is 3.05. The van der Waals surface area contributed by atoms with E-state index in [2.05, 4.69) is 4.74 Å². The van der Waals surface area contributed by atoms with Gasteiger partial charge in [0, 0.05) is 6.07 Å². The summed E-state index contributed by atoms with van der Waals surface area (Å²) in [5, 5.41) is 10.7. The quantitative estimate of drug-likeness (QED) is 0.372. The second kappa shape index (κ2) is 5.52. The van der Waals surface area contributed by atoms with Crippen LogP contribution in [0.2, 0.25) is 0 Å². The fourth-order valence-electron chi connectivity index (χ4n) is 1.23. The summed E-state index contributed by atoms with van der Waals surface area (Å²) < 4.78 is 40.5. The van der Waals surface area contributed by atoms with E-state index >= 15 is 0 Å². The van der Waals surface area contributed by atoms with Crippen LogP contribution in [0.3, 0.4) is 0 Å². The Kier molecular flexibility index (Phi) is 4.27. The van der Waals surface area contributed by atoms with Crippen molar-refractivity contribution in [3.05, 3.63) is 33.9 Å². The summed E-state index contributed by atoms with van der Waals surface area (Å²) in [4.78, 5) is 21.0. The number of halogens is 3.